The molecule has 0 spiro atoms. The van der Waals surface area contributed by atoms with Gasteiger partial charge in [-0.1, -0.05) is 0 Å². The van der Waals surface area contributed by atoms with E-state index in [1.807, 2.05) is 13.8 Å². The van der Waals surface area contributed by atoms with Crippen LogP contribution in [0.15, 0.2) is 0 Å². The molecule has 1 rings (SSSR count). The molecule has 0 radical (unpaired) electrons. The summed E-state index contributed by atoms with van der Waals surface area (Å²) < 4.78 is 0. The molecule has 0 aliphatic carbocycles. The van der Waals surface area contributed by atoms with Gasteiger partial charge in [0.25, 0.3) is 0 Å². The Morgan fingerprint density at radius 3 is 2.60 bits per heavy atom. The Labute approximate surface area is 92.0 Å². The van der Waals surface area contributed by atoms with Gasteiger partial charge in [0.1, 0.15) is 0 Å². The van der Waals surface area contributed by atoms with E-state index in [4.69, 9.17) is 5.73 Å². The van der Waals surface area contributed by atoms with E-state index in [9.17, 15) is 4.79 Å². The minimum absolute atomic E-state index is 0.170. The zero-order valence-corrected chi connectivity index (χ0v) is 9.81. The van der Waals surface area contributed by atoms with Gasteiger partial charge in [-0.3, -0.25) is 4.79 Å². The van der Waals surface area contributed by atoms with E-state index in [2.05, 4.69) is 10.6 Å². The average molecular weight is 213 g/mol. The molecule has 4 nitrogen and oxygen atoms in total. The molecule has 1 saturated heterocycles. The molecular weight excluding hydrogens is 190 g/mol. The Hall–Kier alpha value is -0.610. The molecule has 0 aromatic heterocycles. The van der Waals surface area contributed by atoms with Crippen LogP contribution in [0.4, 0.5) is 0 Å². The standard InChI is InChI=1S/C11H23N3O/c1-11(2,7-10(12)15)14-8-9-3-5-13-6-4-9/h9,13-14H,3-8H2,1-2H3,(H2,12,15). The second kappa shape index (κ2) is 5.47. The first-order valence-corrected chi connectivity index (χ1v) is 5.74. The van der Waals surface area contributed by atoms with Crippen LogP contribution >= 0.6 is 0 Å². The maximum atomic E-state index is 10.8. The predicted molar refractivity (Wildman–Crippen MR) is 61.5 cm³/mol. The van der Waals surface area contributed by atoms with Gasteiger partial charge in [0.15, 0.2) is 0 Å². The molecule has 15 heavy (non-hydrogen) atoms. The monoisotopic (exact) mass is 213 g/mol. The molecule has 0 aromatic carbocycles. The maximum absolute atomic E-state index is 10.8. The van der Waals surface area contributed by atoms with Crippen LogP contribution in [0.1, 0.15) is 33.1 Å². The molecule has 0 aromatic rings. The van der Waals surface area contributed by atoms with Crippen molar-refractivity contribution >= 4 is 5.91 Å². The predicted octanol–water partition coefficient (Wildman–Crippen LogP) is 0.230. The Morgan fingerprint density at radius 1 is 1.47 bits per heavy atom. The number of hydrogen-bond acceptors (Lipinski definition) is 3. The van der Waals surface area contributed by atoms with E-state index >= 15 is 0 Å². The Morgan fingerprint density at radius 2 is 2.07 bits per heavy atom. The van der Waals surface area contributed by atoms with Crippen LogP contribution in [0.5, 0.6) is 0 Å². The lowest BCUT2D eigenvalue weighted by Crippen LogP contribution is -2.46. The molecule has 0 saturated carbocycles. The fraction of sp³-hybridized carbons (Fsp3) is 0.909. The van der Waals surface area contributed by atoms with E-state index in [0.29, 0.717) is 6.42 Å². The summed E-state index contributed by atoms with van der Waals surface area (Å²) >= 11 is 0. The van der Waals surface area contributed by atoms with Gasteiger partial charge < -0.3 is 16.4 Å². The number of amides is 1. The summed E-state index contributed by atoms with van der Waals surface area (Å²) in [6, 6.07) is 0. The second-order valence-corrected chi connectivity index (χ2v) is 5.10. The Bertz CT molecular complexity index is 210. The van der Waals surface area contributed by atoms with E-state index in [1.165, 1.54) is 12.8 Å². The molecule has 0 unspecified atom stereocenters. The second-order valence-electron chi connectivity index (χ2n) is 5.10. The maximum Gasteiger partial charge on any atom is 0.219 e. The summed E-state index contributed by atoms with van der Waals surface area (Å²) in [5.41, 5.74) is 5.03. The summed E-state index contributed by atoms with van der Waals surface area (Å²) in [7, 11) is 0. The Balaban J connectivity index is 2.24. The third-order valence-electron chi connectivity index (χ3n) is 2.94. The number of rotatable bonds is 5. The van der Waals surface area contributed by atoms with Crippen LogP contribution in [0.25, 0.3) is 0 Å². The van der Waals surface area contributed by atoms with Gasteiger partial charge in [0, 0.05) is 12.0 Å². The molecule has 0 atom stereocenters. The molecular formula is C11H23N3O. The molecule has 0 bridgehead atoms. The number of hydrogen-bond donors (Lipinski definition) is 3. The summed E-state index contributed by atoms with van der Waals surface area (Å²) in [6.45, 7) is 7.27. The lowest BCUT2D eigenvalue weighted by atomic mass is 9.94. The lowest BCUT2D eigenvalue weighted by Gasteiger charge is -2.30. The van der Waals surface area contributed by atoms with Crippen LogP contribution in [-0.2, 0) is 4.79 Å². The Kier molecular flexibility index (Phi) is 4.54. The van der Waals surface area contributed by atoms with Gasteiger partial charge in [-0.15, -0.1) is 0 Å². The first-order valence-electron chi connectivity index (χ1n) is 5.74. The normalized spacial score (nSPS) is 19.1. The van der Waals surface area contributed by atoms with Gasteiger partial charge in [-0.2, -0.15) is 0 Å². The zero-order valence-electron chi connectivity index (χ0n) is 9.81. The molecule has 1 fully saturated rings. The number of nitrogens with two attached hydrogens (primary N) is 1. The molecule has 1 aliphatic heterocycles. The van der Waals surface area contributed by atoms with Crippen LogP contribution in [0, 0.1) is 5.92 Å². The number of carbonyl (C=O) groups excluding carboxylic acids is 1. The van der Waals surface area contributed by atoms with Crippen LogP contribution in [0.3, 0.4) is 0 Å². The van der Waals surface area contributed by atoms with E-state index in [0.717, 1.165) is 25.6 Å². The lowest BCUT2D eigenvalue weighted by molar-refractivity contribution is -0.119. The topological polar surface area (TPSA) is 67.2 Å². The van der Waals surface area contributed by atoms with Crippen molar-refractivity contribution in [3.05, 3.63) is 0 Å². The smallest absolute Gasteiger partial charge is 0.219 e. The van der Waals surface area contributed by atoms with Crippen molar-refractivity contribution in [2.24, 2.45) is 11.7 Å². The first-order chi connectivity index (χ1) is 6.99. The van der Waals surface area contributed by atoms with Crippen molar-refractivity contribution in [2.45, 2.75) is 38.6 Å². The highest BCUT2D eigenvalue weighted by atomic mass is 16.1. The number of nitrogens with one attached hydrogen (secondary N) is 2. The van der Waals surface area contributed by atoms with Crippen molar-refractivity contribution in [3.63, 3.8) is 0 Å². The highest BCUT2D eigenvalue weighted by molar-refractivity contribution is 5.74. The van der Waals surface area contributed by atoms with Crippen molar-refractivity contribution in [1.29, 1.82) is 0 Å². The molecule has 4 N–H and O–H groups in total. The van der Waals surface area contributed by atoms with Crippen LogP contribution in [0.2, 0.25) is 0 Å². The fourth-order valence-corrected chi connectivity index (χ4v) is 2.00. The molecule has 88 valence electrons. The molecule has 4 heteroatoms. The van der Waals surface area contributed by atoms with E-state index in [-0.39, 0.29) is 11.4 Å². The molecule has 1 amide bonds. The highest BCUT2D eigenvalue weighted by Crippen LogP contribution is 2.13. The minimum Gasteiger partial charge on any atom is -0.370 e. The minimum atomic E-state index is -0.238. The van der Waals surface area contributed by atoms with Crippen molar-refractivity contribution in [2.75, 3.05) is 19.6 Å². The summed E-state index contributed by atoms with van der Waals surface area (Å²) in [5.74, 6) is 0.496. The average Bonchev–Trinajstić information content (AvgIpc) is 2.15. The van der Waals surface area contributed by atoms with Crippen molar-refractivity contribution in [1.82, 2.24) is 10.6 Å². The van der Waals surface area contributed by atoms with Crippen molar-refractivity contribution in [3.8, 4) is 0 Å². The summed E-state index contributed by atoms with van der Waals surface area (Å²) in [6.07, 6.45) is 2.84. The van der Waals surface area contributed by atoms with Crippen molar-refractivity contribution < 1.29 is 4.79 Å². The largest absolute Gasteiger partial charge is 0.370 e. The zero-order chi connectivity index (χ0) is 11.3. The van der Waals surface area contributed by atoms with Gasteiger partial charge in [-0.25, -0.2) is 0 Å². The van der Waals surface area contributed by atoms with Gasteiger partial charge in [0.05, 0.1) is 0 Å². The fourth-order valence-electron chi connectivity index (χ4n) is 2.00. The molecule has 1 heterocycles. The van der Waals surface area contributed by atoms with E-state index in [1.54, 1.807) is 0 Å². The first kappa shape index (κ1) is 12.5. The summed E-state index contributed by atoms with van der Waals surface area (Å²) in [4.78, 5) is 10.8. The van der Waals surface area contributed by atoms with Gasteiger partial charge >= 0.3 is 0 Å². The SMILES string of the molecule is CC(C)(CC(N)=O)NCC1CCNCC1. The number of carbonyl (C=O) groups is 1. The van der Waals surface area contributed by atoms with Gasteiger partial charge in [-0.05, 0) is 52.2 Å². The van der Waals surface area contributed by atoms with Crippen LogP contribution in [-0.4, -0.2) is 31.1 Å². The third-order valence-corrected chi connectivity index (χ3v) is 2.94. The van der Waals surface area contributed by atoms with Gasteiger partial charge in [0.2, 0.25) is 5.91 Å². The highest BCUT2D eigenvalue weighted by Gasteiger charge is 2.22. The van der Waals surface area contributed by atoms with Crippen LogP contribution < -0.4 is 16.4 Å². The third kappa shape index (κ3) is 5.14. The molecule has 1 aliphatic rings. The number of piperidine rings is 1. The summed E-state index contributed by atoms with van der Waals surface area (Å²) in [5, 5.41) is 6.77. The van der Waals surface area contributed by atoms with E-state index < -0.39 is 0 Å². The quantitative estimate of drug-likeness (QED) is 0.612. The number of primary amides is 1.